The fourth-order valence-corrected chi connectivity index (χ4v) is 1.42. The molecular formula is C7H14O5. The van der Waals surface area contributed by atoms with Gasteiger partial charge < -0.3 is 25.5 Å². The van der Waals surface area contributed by atoms with E-state index in [0.717, 1.165) is 0 Å². The molecule has 12 heavy (non-hydrogen) atoms. The van der Waals surface area contributed by atoms with Crippen LogP contribution in [-0.2, 0) is 0 Å². The third kappa shape index (κ3) is 1.46. The first-order valence-corrected chi connectivity index (χ1v) is 3.89. The maximum atomic E-state index is 9.47. The van der Waals surface area contributed by atoms with E-state index in [-0.39, 0.29) is 12.8 Å². The summed E-state index contributed by atoms with van der Waals surface area (Å²) in [7, 11) is 0. The van der Waals surface area contributed by atoms with Crippen LogP contribution < -0.4 is 0 Å². The Hall–Kier alpha value is -0.200. The van der Waals surface area contributed by atoms with Gasteiger partial charge in [0, 0.05) is 0 Å². The summed E-state index contributed by atoms with van der Waals surface area (Å²) in [5.74, 6) is 0. The molecule has 1 saturated carbocycles. The minimum atomic E-state index is -1.67. The second kappa shape index (κ2) is 3.27. The second-order valence-corrected chi connectivity index (χ2v) is 3.30. The van der Waals surface area contributed by atoms with Crippen molar-refractivity contribution in [2.24, 2.45) is 0 Å². The number of rotatable bonds is 1. The van der Waals surface area contributed by atoms with Crippen LogP contribution in [0.5, 0.6) is 0 Å². The zero-order valence-corrected chi connectivity index (χ0v) is 6.59. The Bertz CT molecular complexity index is 162. The normalized spacial score (nSPS) is 49.2. The van der Waals surface area contributed by atoms with Gasteiger partial charge in [0.05, 0.1) is 12.7 Å². The lowest BCUT2D eigenvalue weighted by Crippen LogP contribution is -2.59. The van der Waals surface area contributed by atoms with Gasteiger partial charge in [-0.3, -0.25) is 0 Å². The standard InChI is InChI=1S/C7H14O5/c8-3-7(12)2-1-4(9)5(10)6(7)11/h4-6,8-12H,1-3H2. The molecule has 0 amide bonds. The molecule has 0 saturated heterocycles. The van der Waals surface area contributed by atoms with Gasteiger partial charge >= 0.3 is 0 Å². The average molecular weight is 178 g/mol. The number of hydrogen-bond acceptors (Lipinski definition) is 5. The fraction of sp³-hybridized carbons (Fsp3) is 1.00. The lowest BCUT2D eigenvalue weighted by atomic mass is 9.79. The first-order valence-electron chi connectivity index (χ1n) is 3.89. The van der Waals surface area contributed by atoms with Crippen molar-refractivity contribution >= 4 is 0 Å². The molecule has 0 aromatic carbocycles. The molecule has 0 heterocycles. The first-order chi connectivity index (χ1) is 5.51. The van der Waals surface area contributed by atoms with E-state index in [4.69, 9.17) is 15.3 Å². The van der Waals surface area contributed by atoms with Crippen LogP contribution >= 0.6 is 0 Å². The Balaban J connectivity index is 2.71. The predicted octanol–water partition coefficient (Wildman–Crippen LogP) is -2.41. The molecular weight excluding hydrogens is 164 g/mol. The summed E-state index contributed by atoms with van der Waals surface area (Å²) in [5, 5.41) is 45.6. The van der Waals surface area contributed by atoms with E-state index in [2.05, 4.69) is 0 Å². The molecule has 0 bridgehead atoms. The van der Waals surface area contributed by atoms with Crippen molar-refractivity contribution < 1.29 is 25.5 Å². The maximum Gasteiger partial charge on any atom is 0.116 e. The van der Waals surface area contributed by atoms with Crippen LogP contribution in [0.25, 0.3) is 0 Å². The minimum absolute atomic E-state index is 0.0862. The summed E-state index contributed by atoms with van der Waals surface area (Å²) in [5.41, 5.74) is -1.67. The van der Waals surface area contributed by atoms with E-state index in [1.807, 2.05) is 0 Å². The van der Waals surface area contributed by atoms with Crippen LogP contribution in [0.2, 0.25) is 0 Å². The highest BCUT2D eigenvalue weighted by Gasteiger charge is 2.46. The lowest BCUT2D eigenvalue weighted by molar-refractivity contribution is -0.197. The summed E-state index contributed by atoms with van der Waals surface area (Å²) < 4.78 is 0. The summed E-state index contributed by atoms with van der Waals surface area (Å²) >= 11 is 0. The van der Waals surface area contributed by atoms with Gasteiger partial charge in [-0.2, -0.15) is 0 Å². The van der Waals surface area contributed by atoms with Crippen molar-refractivity contribution in [2.75, 3.05) is 6.61 Å². The molecule has 0 aliphatic heterocycles. The predicted molar refractivity (Wildman–Crippen MR) is 39.3 cm³/mol. The summed E-state index contributed by atoms with van der Waals surface area (Å²) in [6.07, 6.45) is -3.62. The van der Waals surface area contributed by atoms with Gasteiger partial charge in [0.1, 0.15) is 17.8 Å². The SMILES string of the molecule is OCC1(O)CCC(O)C(O)C1O. The van der Waals surface area contributed by atoms with E-state index >= 15 is 0 Å². The van der Waals surface area contributed by atoms with Crippen LogP contribution in [0, 0.1) is 0 Å². The van der Waals surface area contributed by atoms with E-state index in [0.29, 0.717) is 0 Å². The monoisotopic (exact) mass is 178 g/mol. The molecule has 0 aromatic heterocycles. The molecule has 5 N–H and O–H groups in total. The topological polar surface area (TPSA) is 101 Å². The Morgan fingerprint density at radius 2 is 1.83 bits per heavy atom. The molecule has 1 rings (SSSR count). The average Bonchev–Trinajstić information content (AvgIpc) is 2.09. The first kappa shape index (κ1) is 9.88. The van der Waals surface area contributed by atoms with E-state index in [9.17, 15) is 10.2 Å². The van der Waals surface area contributed by atoms with Crippen LogP contribution in [0.3, 0.4) is 0 Å². The van der Waals surface area contributed by atoms with Gasteiger partial charge in [0.15, 0.2) is 0 Å². The molecule has 1 aliphatic carbocycles. The van der Waals surface area contributed by atoms with Crippen LogP contribution in [0.4, 0.5) is 0 Å². The van der Waals surface area contributed by atoms with Crippen LogP contribution in [0.1, 0.15) is 12.8 Å². The molecule has 4 unspecified atom stereocenters. The van der Waals surface area contributed by atoms with Crippen molar-refractivity contribution in [3.05, 3.63) is 0 Å². The van der Waals surface area contributed by atoms with E-state index in [1.54, 1.807) is 0 Å². The molecule has 0 spiro atoms. The second-order valence-electron chi connectivity index (χ2n) is 3.30. The molecule has 0 aromatic rings. The van der Waals surface area contributed by atoms with Gasteiger partial charge in [-0.15, -0.1) is 0 Å². The molecule has 1 fully saturated rings. The molecule has 72 valence electrons. The largest absolute Gasteiger partial charge is 0.393 e. The van der Waals surface area contributed by atoms with Gasteiger partial charge in [-0.1, -0.05) is 0 Å². The zero-order chi connectivity index (χ0) is 9.35. The van der Waals surface area contributed by atoms with Crippen LogP contribution in [0.15, 0.2) is 0 Å². The molecule has 0 radical (unpaired) electrons. The fourth-order valence-electron chi connectivity index (χ4n) is 1.42. The quantitative estimate of drug-likeness (QED) is 0.308. The van der Waals surface area contributed by atoms with Crippen molar-refractivity contribution in [3.8, 4) is 0 Å². The molecule has 5 nitrogen and oxygen atoms in total. The number of hydrogen-bond donors (Lipinski definition) is 5. The summed E-state index contributed by atoms with van der Waals surface area (Å²) in [6.45, 7) is -0.613. The van der Waals surface area contributed by atoms with Crippen molar-refractivity contribution in [3.63, 3.8) is 0 Å². The van der Waals surface area contributed by atoms with Crippen molar-refractivity contribution in [1.29, 1.82) is 0 Å². The smallest absolute Gasteiger partial charge is 0.116 e. The highest BCUT2D eigenvalue weighted by molar-refractivity contribution is 4.97. The Kier molecular flexibility index (Phi) is 2.70. The summed E-state index contributed by atoms with van der Waals surface area (Å²) in [4.78, 5) is 0. The lowest BCUT2D eigenvalue weighted by Gasteiger charge is -2.40. The molecule has 1 aliphatic rings. The Morgan fingerprint density at radius 1 is 1.25 bits per heavy atom. The zero-order valence-electron chi connectivity index (χ0n) is 6.59. The molecule has 4 atom stereocenters. The van der Waals surface area contributed by atoms with E-state index in [1.165, 1.54) is 0 Å². The maximum absolute atomic E-state index is 9.47. The van der Waals surface area contributed by atoms with Crippen LogP contribution in [-0.4, -0.2) is 56.1 Å². The Labute approximate surface area is 69.9 Å². The number of aliphatic hydroxyl groups excluding tert-OH is 4. The van der Waals surface area contributed by atoms with Gasteiger partial charge in [-0.25, -0.2) is 0 Å². The third-order valence-corrected chi connectivity index (χ3v) is 2.42. The molecule has 5 heteroatoms. The number of aliphatic hydroxyl groups is 5. The van der Waals surface area contributed by atoms with Crippen molar-refractivity contribution in [2.45, 2.75) is 36.8 Å². The van der Waals surface area contributed by atoms with E-state index < -0.39 is 30.5 Å². The Morgan fingerprint density at radius 3 is 2.33 bits per heavy atom. The highest BCUT2D eigenvalue weighted by Crippen LogP contribution is 2.28. The van der Waals surface area contributed by atoms with Gasteiger partial charge in [-0.05, 0) is 12.8 Å². The van der Waals surface area contributed by atoms with Gasteiger partial charge in [0.2, 0.25) is 0 Å². The third-order valence-electron chi connectivity index (χ3n) is 2.42. The summed E-state index contributed by atoms with van der Waals surface area (Å²) in [6, 6.07) is 0. The minimum Gasteiger partial charge on any atom is -0.393 e. The van der Waals surface area contributed by atoms with Gasteiger partial charge in [0.25, 0.3) is 0 Å². The highest BCUT2D eigenvalue weighted by atomic mass is 16.4. The van der Waals surface area contributed by atoms with Crippen molar-refractivity contribution in [1.82, 2.24) is 0 Å².